The minimum atomic E-state index is -1.08. The highest BCUT2D eigenvalue weighted by Gasteiger charge is 2.34. The molecule has 1 aromatic carbocycles. The zero-order chi connectivity index (χ0) is 20.6. The zero-order valence-corrected chi connectivity index (χ0v) is 16.1. The molecule has 1 saturated heterocycles. The standard InChI is InChI=1S/C19H18ClN5O4/c20-13-1-2-15-16(9-13)22-12-24(18(15)26)11-19(27)4-7-23(8-5-19)17-10-14(25(28)29)3-6-21-17/h1-3,6,9-10,12,27H,4-5,7-8,11H2. The Labute approximate surface area is 170 Å². The summed E-state index contributed by atoms with van der Waals surface area (Å²) in [7, 11) is 0. The van der Waals surface area contributed by atoms with E-state index in [0.717, 1.165) is 0 Å². The molecule has 1 aliphatic rings. The van der Waals surface area contributed by atoms with Crippen molar-refractivity contribution in [3.63, 3.8) is 0 Å². The number of halogens is 1. The maximum atomic E-state index is 12.7. The Kier molecular flexibility index (Phi) is 4.93. The molecule has 0 atom stereocenters. The summed E-state index contributed by atoms with van der Waals surface area (Å²) in [5.41, 5.74) is -0.826. The molecule has 10 heteroatoms. The molecule has 150 valence electrons. The van der Waals surface area contributed by atoms with Crippen LogP contribution in [0.5, 0.6) is 0 Å². The lowest BCUT2D eigenvalue weighted by molar-refractivity contribution is -0.384. The van der Waals surface area contributed by atoms with Gasteiger partial charge in [-0.3, -0.25) is 19.5 Å². The van der Waals surface area contributed by atoms with E-state index in [9.17, 15) is 20.0 Å². The second kappa shape index (κ2) is 7.41. The van der Waals surface area contributed by atoms with Gasteiger partial charge in [0.05, 0.1) is 40.4 Å². The molecule has 0 saturated carbocycles. The first kappa shape index (κ1) is 19.3. The number of pyridine rings is 1. The van der Waals surface area contributed by atoms with E-state index >= 15 is 0 Å². The van der Waals surface area contributed by atoms with Gasteiger partial charge in [-0.25, -0.2) is 9.97 Å². The van der Waals surface area contributed by atoms with Crippen molar-refractivity contribution >= 4 is 34.0 Å². The largest absolute Gasteiger partial charge is 0.388 e. The van der Waals surface area contributed by atoms with E-state index in [1.165, 1.54) is 29.2 Å². The number of piperidine rings is 1. The van der Waals surface area contributed by atoms with E-state index in [-0.39, 0.29) is 17.8 Å². The summed E-state index contributed by atoms with van der Waals surface area (Å²) in [4.78, 5) is 33.6. The monoisotopic (exact) mass is 415 g/mol. The molecule has 1 aliphatic heterocycles. The van der Waals surface area contributed by atoms with Crippen molar-refractivity contribution in [2.75, 3.05) is 18.0 Å². The highest BCUT2D eigenvalue weighted by Crippen LogP contribution is 2.28. The Morgan fingerprint density at radius 2 is 1.97 bits per heavy atom. The van der Waals surface area contributed by atoms with Crippen LogP contribution in [0.15, 0.2) is 47.7 Å². The SMILES string of the molecule is O=c1c2ccc(Cl)cc2ncn1CC1(O)CCN(c2cc([N+](=O)[O-])ccn2)CC1. The fourth-order valence-electron chi connectivity index (χ4n) is 3.57. The van der Waals surface area contributed by atoms with Crippen molar-refractivity contribution in [1.82, 2.24) is 14.5 Å². The zero-order valence-electron chi connectivity index (χ0n) is 15.4. The fraction of sp³-hybridized carbons (Fsp3) is 0.316. The number of nitrogens with zero attached hydrogens (tertiary/aromatic N) is 5. The third kappa shape index (κ3) is 3.92. The van der Waals surface area contributed by atoms with Crippen LogP contribution in [0.2, 0.25) is 5.02 Å². The topological polar surface area (TPSA) is 114 Å². The average Bonchev–Trinajstić information content (AvgIpc) is 2.71. The summed E-state index contributed by atoms with van der Waals surface area (Å²) < 4.78 is 1.41. The maximum Gasteiger partial charge on any atom is 0.274 e. The second-order valence-electron chi connectivity index (χ2n) is 7.18. The van der Waals surface area contributed by atoms with Gasteiger partial charge in [0.1, 0.15) is 5.82 Å². The number of aliphatic hydroxyl groups is 1. The van der Waals surface area contributed by atoms with E-state index in [1.54, 1.807) is 18.2 Å². The molecule has 9 nitrogen and oxygen atoms in total. The molecule has 3 heterocycles. The summed E-state index contributed by atoms with van der Waals surface area (Å²) in [5, 5.41) is 22.9. The molecule has 3 aromatic rings. The van der Waals surface area contributed by atoms with Gasteiger partial charge in [0.25, 0.3) is 11.2 Å². The molecule has 0 spiro atoms. The first-order valence-corrected chi connectivity index (χ1v) is 9.45. The lowest BCUT2D eigenvalue weighted by atomic mass is 9.91. The van der Waals surface area contributed by atoms with Crippen molar-refractivity contribution in [3.05, 3.63) is 68.3 Å². The van der Waals surface area contributed by atoms with Gasteiger partial charge in [0, 0.05) is 30.4 Å². The number of hydrogen-bond donors (Lipinski definition) is 1. The summed E-state index contributed by atoms with van der Waals surface area (Å²) in [6.45, 7) is 1.06. The Hall–Kier alpha value is -3.04. The summed E-state index contributed by atoms with van der Waals surface area (Å²) >= 11 is 5.94. The molecule has 0 unspecified atom stereocenters. The number of fused-ring (bicyclic) bond motifs is 1. The van der Waals surface area contributed by atoms with Crippen molar-refractivity contribution in [2.24, 2.45) is 0 Å². The minimum Gasteiger partial charge on any atom is -0.388 e. The first-order chi connectivity index (χ1) is 13.8. The van der Waals surface area contributed by atoms with E-state index in [4.69, 9.17) is 11.6 Å². The van der Waals surface area contributed by atoms with Crippen LogP contribution in [-0.4, -0.2) is 43.3 Å². The van der Waals surface area contributed by atoms with Crippen LogP contribution in [0.4, 0.5) is 11.5 Å². The molecule has 0 radical (unpaired) electrons. The highest BCUT2D eigenvalue weighted by molar-refractivity contribution is 6.31. The van der Waals surface area contributed by atoms with E-state index in [2.05, 4.69) is 9.97 Å². The third-order valence-corrected chi connectivity index (χ3v) is 5.45. The van der Waals surface area contributed by atoms with E-state index in [1.807, 2.05) is 4.90 Å². The Balaban J connectivity index is 1.50. The number of benzene rings is 1. The highest BCUT2D eigenvalue weighted by atomic mass is 35.5. The van der Waals surface area contributed by atoms with Crippen LogP contribution in [0.25, 0.3) is 10.9 Å². The molecule has 1 fully saturated rings. The van der Waals surface area contributed by atoms with Gasteiger partial charge in [-0.15, -0.1) is 0 Å². The van der Waals surface area contributed by atoms with Gasteiger partial charge >= 0.3 is 0 Å². The first-order valence-electron chi connectivity index (χ1n) is 9.07. The van der Waals surface area contributed by atoms with Gasteiger partial charge in [-0.05, 0) is 31.0 Å². The van der Waals surface area contributed by atoms with Crippen LogP contribution in [-0.2, 0) is 6.54 Å². The number of rotatable bonds is 4. The van der Waals surface area contributed by atoms with Crippen LogP contribution in [0, 0.1) is 10.1 Å². The summed E-state index contributed by atoms with van der Waals surface area (Å²) in [5.74, 6) is 0.502. The summed E-state index contributed by atoms with van der Waals surface area (Å²) in [6.07, 6.45) is 3.61. The number of nitro groups is 1. The molecular weight excluding hydrogens is 398 g/mol. The smallest absolute Gasteiger partial charge is 0.274 e. The van der Waals surface area contributed by atoms with Crippen molar-refractivity contribution in [3.8, 4) is 0 Å². The minimum absolute atomic E-state index is 0.0234. The van der Waals surface area contributed by atoms with Crippen molar-refractivity contribution in [2.45, 2.75) is 25.0 Å². The molecular formula is C19H18ClN5O4. The van der Waals surface area contributed by atoms with Gasteiger partial charge in [-0.2, -0.15) is 0 Å². The fourth-order valence-corrected chi connectivity index (χ4v) is 3.73. The Morgan fingerprint density at radius 3 is 2.69 bits per heavy atom. The van der Waals surface area contributed by atoms with Crippen LogP contribution < -0.4 is 10.5 Å². The average molecular weight is 416 g/mol. The van der Waals surface area contributed by atoms with E-state index < -0.39 is 10.5 Å². The molecule has 4 rings (SSSR count). The molecule has 29 heavy (non-hydrogen) atoms. The lowest BCUT2D eigenvalue weighted by Gasteiger charge is -2.38. The Morgan fingerprint density at radius 1 is 1.21 bits per heavy atom. The van der Waals surface area contributed by atoms with Gasteiger partial charge in [0.15, 0.2) is 0 Å². The van der Waals surface area contributed by atoms with Crippen LogP contribution in [0.3, 0.4) is 0 Å². The molecule has 0 aliphatic carbocycles. The van der Waals surface area contributed by atoms with Gasteiger partial charge in [0.2, 0.25) is 0 Å². The lowest BCUT2D eigenvalue weighted by Crippen LogP contribution is -2.48. The molecule has 1 N–H and O–H groups in total. The predicted molar refractivity (Wildman–Crippen MR) is 108 cm³/mol. The summed E-state index contributed by atoms with van der Waals surface area (Å²) in [6, 6.07) is 7.66. The molecule has 0 amide bonds. The number of hydrogen-bond acceptors (Lipinski definition) is 7. The van der Waals surface area contributed by atoms with Crippen molar-refractivity contribution in [1.29, 1.82) is 0 Å². The second-order valence-corrected chi connectivity index (χ2v) is 7.62. The predicted octanol–water partition coefficient (Wildman–Crippen LogP) is 2.38. The van der Waals surface area contributed by atoms with Crippen LogP contribution in [0.1, 0.15) is 12.8 Å². The van der Waals surface area contributed by atoms with Crippen molar-refractivity contribution < 1.29 is 10.0 Å². The van der Waals surface area contributed by atoms with E-state index in [0.29, 0.717) is 47.7 Å². The number of anilines is 1. The quantitative estimate of drug-likeness (QED) is 0.513. The third-order valence-electron chi connectivity index (χ3n) is 5.21. The van der Waals surface area contributed by atoms with Crippen LogP contribution >= 0.6 is 11.6 Å². The normalized spacial score (nSPS) is 16.1. The Bertz CT molecular complexity index is 1140. The number of aromatic nitrogens is 3. The molecule has 2 aromatic heterocycles. The maximum absolute atomic E-state index is 12.7. The van der Waals surface area contributed by atoms with Gasteiger partial charge in [-0.1, -0.05) is 11.6 Å². The molecule has 0 bridgehead atoms. The van der Waals surface area contributed by atoms with Gasteiger partial charge < -0.3 is 10.0 Å².